The maximum atomic E-state index is 10.8. The molecular formula is C10H15N3O4. The quantitative estimate of drug-likeness (QED) is 0.422. The molecule has 0 aliphatic heterocycles. The maximum absolute atomic E-state index is 10.8. The molecule has 0 fully saturated rings. The van der Waals surface area contributed by atoms with Gasteiger partial charge in [-0.05, 0) is 12.8 Å². The van der Waals surface area contributed by atoms with Crippen LogP contribution in [0.15, 0.2) is 12.1 Å². The van der Waals surface area contributed by atoms with Crippen molar-refractivity contribution in [3.05, 3.63) is 22.2 Å². The van der Waals surface area contributed by atoms with Gasteiger partial charge in [-0.25, -0.2) is 0 Å². The third kappa shape index (κ3) is 3.87. The second-order valence-corrected chi connectivity index (χ2v) is 3.34. The molecule has 2 N–H and O–H groups in total. The fourth-order valence-corrected chi connectivity index (χ4v) is 1.27. The number of rotatable bonds is 7. The summed E-state index contributed by atoms with van der Waals surface area (Å²) in [6.45, 7) is 0.622. The Morgan fingerprint density at radius 1 is 1.53 bits per heavy atom. The number of nitrogens with zero attached hydrogens (tertiary/aromatic N) is 2. The number of hydrogen-bond acceptors (Lipinski definition) is 6. The lowest BCUT2D eigenvalue weighted by atomic mass is 10.3. The van der Waals surface area contributed by atoms with Crippen LogP contribution in [-0.2, 0) is 0 Å². The molecule has 7 nitrogen and oxygen atoms in total. The van der Waals surface area contributed by atoms with Gasteiger partial charge in [0.1, 0.15) is 0 Å². The smallest absolute Gasteiger partial charge is 0.311 e. The number of methoxy groups -OCH3 is 1. The summed E-state index contributed by atoms with van der Waals surface area (Å²) in [5, 5.41) is 22.2. The SMILES string of the molecule is COc1ccc([N+](=O)[O-])c(NCCCCO)n1. The molecule has 1 aromatic heterocycles. The van der Waals surface area contributed by atoms with E-state index in [9.17, 15) is 10.1 Å². The van der Waals surface area contributed by atoms with Gasteiger partial charge in [-0.15, -0.1) is 0 Å². The number of pyridine rings is 1. The zero-order valence-electron chi connectivity index (χ0n) is 9.55. The second kappa shape index (κ2) is 6.64. The molecule has 0 saturated carbocycles. The van der Waals surface area contributed by atoms with Crippen molar-refractivity contribution in [3.63, 3.8) is 0 Å². The highest BCUT2D eigenvalue weighted by Crippen LogP contribution is 2.24. The summed E-state index contributed by atoms with van der Waals surface area (Å²) in [5.74, 6) is 0.507. The molecule has 0 radical (unpaired) electrons. The minimum absolute atomic E-state index is 0.0881. The Morgan fingerprint density at radius 2 is 2.29 bits per heavy atom. The molecule has 0 atom stereocenters. The molecule has 1 heterocycles. The number of aliphatic hydroxyl groups excluding tert-OH is 1. The van der Waals surface area contributed by atoms with Crippen molar-refractivity contribution < 1.29 is 14.8 Å². The summed E-state index contributed by atoms with van der Waals surface area (Å²) in [6.07, 6.45) is 1.36. The lowest BCUT2D eigenvalue weighted by Crippen LogP contribution is -2.07. The van der Waals surface area contributed by atoms with Crippen LogP contribution in [0.5, 0.6) is 5.88 Å². The Balaban J connectivity index is 2.75. The number of nitro groups is 1. The zero-order chi connectivity index (χ0) is 12.7. The van der Waals surface area contributed by atoms with Crippen LogP contribution in [-0.4, -0.2) is 35.3 Å². The van der Waals surface area contributed by atoms with Crippen LogP contribution in [0, 0.1) is 10.1 Å². The number of anilines is 1. The van der Waals surface area contributed by atoms with Gasteiger partial charge in [0.2, 0.25) is 11.7 Å². The highest BCUT2D eigenvalue weighted by molar-refractivity contribution is 5.56. The number of unbranched alkanes of at least 4 members (excludes halogenated alkanes) is 1. The summed E-state index contributed by atoms with van der Waals surface area (Å²) >= 11 is 0. The molecule has 0 unspecified atom stereocenters. The van der Waals surface area contributed by atoms with Crippen LogP contribution in [0.2, 0.25) is 0 Å². The van der Waals surface area contributed by atoms with Crippen molar-refractivity contribution >= 4 is 11.5 Å². The van der Waals surface area contributed by atoms with E-state index in [4.69, 9.17) is 9.84 Å². The standard InChI is InChI=1S/C10H15N3O4/c1-17-9-5-4-8(13(15)16)10(12-9)11-6-2-3-7-14/h4-5,14H,2-3,6-7H2,1H3,(H,11,12). The maximum Gasteiger partial charge on any atom is 0.311 e. The Morgan fingerprint density at radius 3 is 2.88 bits per heavy atom. The van der Waals surface area contributed by atoms with E-state index in [0.717, 1.165) is 0 Å². The minimum Gasteiger partial charge on any atom is -0.481 e. The van der Waals surface area contributed by atoms with Crippen LogP contribution in [0.1, 0.15) is 12.8 Å². The Hall–Kier alpha value is -1.89. The first-order chi connectivity index (χ1) is 8.19. The number of aromatic nitrogens is 1. The van der Waals surface area contributed by atoms with Gasteiger partial charge < -0.3 is 15.2 Å². The number of aliphatic hydroxyl groups is 1. The van der Waals surface area contributed by atoms with Gasteiger partial charge in [0, 0.05) is 25.3 Å². The molecule has 0 aliphatic rings. The average molecular weight is 241 g/mol. The third-order valence-electron chi connectivity index (χ3n) is 2.13. The predicted molar refractivity (Wildman–Crippen MR) is 62.3 cm³/mol. The van der Waals surface area contributed by atoms with E-state index in [0.29, 0.717) is 25.3 Å². The Bertz CT molecular complexity index is 384. The minimum atomic E-state index is -0.499. The molecule has 1 rings (SSSR count). The fourth-order valence-electron chi connectivity index (χ4n) is 1.27. The van der Waals surface area contributed by atoms with E-state index in [1.54, 1.807) is 0 Å². The highest BCUT2D eigenvalue weighted by Gasteiger charge is 2.15. The monoisotopic (exact) mass is 241 g/mol. The fraction of sp³-hybridized carbons (Fsp3) is 0.500. The Kier molecular flexibility index (Phi) is 5.15. The highest BCUT2D eigenvalue weighted by atomic mass is 16.6. The molecular weight excluding hydrogens is 226 g/mol. The molecule has 17 heavy (non-hydrogen) atoms. The van der Waals surface area contributed by atoms with Gasteiger partial charge in [0.15, 0.2) is 0 Å². The summed E-state index contributed by atoms with van der Waals surface area (Å²) in [7, 11) is 1.45. The molecule has 0 aliphatic carbocycles. The summed E-state index contributed by atoms with van der Waals surface area (Å²) < 4.78 is 4.90. The molecule has 7 heteroatoms. The molecule has 0 aromatic carbocycles. The molecule has 94 valence electrons. The molecule has 1 aromatic rings. The van der Waals surface area contributed by atoms with Crippen molar-refractivity contribution in [1.82, 2.24) is 4.98 Å². The first-order valence-corrected chi connectivity index (χ1v) is 5.23. The molecule has 0 saturated heterocycles. The van der Waals surface area contributed by atoms with Gasteiger partial charge in [0.25, 0.3) is 0 Å². The van der Waals surface area contributed by atoms with Gasteiger partial charge >= 0.3 is 5.69 Å². The van der Waals surface area contributed by atoms with Gasteiger partial charge in [-0.3, -0.25) is 10.1 Å². The number of nitrogens with one attached hydrogen (secondary N) is 1. The van der Waals surface area contributed by atoms with Gasteiger partial charge in [-0.1, -0.05) is 0 Å². The van der Waals surface area contributed by atoms with Crippen molar-refractivity contribution in [1.29, 1.82) is 0 Å². The van der Waals surface area contributed by atoms with E-state index >= 15 is 0 Å². The molecule has 0 spiro atoms. The summed E-state index contributed by atoms with van der Waals surface area (Å²) in [5.41, 5.74) is -0.0881. The Labute approximate surface area is 98.6 Å². The third-order valence-corrected chi connectivity index (χ3v) is 2.13. The topological polar surface area (TPSA) is 97.5 Å². The normalized spacial score (nSPS) is 10.0. The van der Waals surface area contributed by atoms with E-state index in [-0.39, 0.29) is 18.1 Å². The van der Waals surface area contributed by atoms with Crippen LogP contribution in [0.4, 0.5) is 11.5 Å². The summed E-state index contributed by atoms with van der Waals surface area (Å²) in [4.78, 5) is 14.2. The number of hydrogen-bond donors (Lipinski definition) is 2. The first kappa shape index (κ1) is 13.2. The first-order valence-electron chi connectivity index (χ1n) is 5.23. The van der Waals surface area contributed by atoms with Crippen LogP contribution in [0.25, 0.3) is 0 Å². The lowest BCUT2D eigenvalue weighted by Gasteiger charge is -2.07. The predicted octanol–water partition coefficient (Wildman–Crippen LogP) is 1.18. The second-order valence-electron chi connectivity index (χ2n) is 3.34. The zero-order valence-corrected chi connectivity index (χ0v) is 9.55. The van der Waals surface area contributed by atoms with Gasteiger partial charge in [0.05, 0.1) is 12.0 Å². The molecule has 0 bridgehead atoms. The van der Waals surface area contributed by atoms with Crippen LogP contribution < -0.4 is 10.1 Å². The average Bonchev–Trinajstić information content (AvgIpc) is 2.34. The van der Waals surface area contributed by atoms with Crippen molar-refractivity contribution in [2.45, 2.75) is 12.8 Å². The van der Waals surface area contributed by atoms with Crippen molar-refractivity contribution in [2.24, 2.45) is 0 Å². The van der Waals surface area contributed by atoms with Crippen molar-refractivity contribution in [2.75, 3.05) is 25.6 Å². The lowest BCUT2D eigenvalue weighted by molar-refractivity contribution is -0.384. The van der Waals surface area contributed by atoms with E-state index in [1.807, 2.05) is 0 Å². The van der Waals surface area contributed by atoms with Gasteiger partial charge in [-0.2, -0.15) is 4.98 Å². The van der Waals surface area contributed by atoms with E-state index in [2.05, 4.69) is 10.3 Å². The number of ether oxygens (including phenoxy) is 1. The van der Waals surface area contributed by atoms with E-state index in [1.165, 1.54) is 19.2 Å². The molecule has 0 amide bonds. The van der Waals surface area contributed by atoms with Crippen molar-refractivity contribution in [3.8, 4) is 5.88 Å². The van der Waals surface area contributed by atoms with Crippen LogP contribution >= 0.6 is 0 Å². The van der Waals surface area contributed by atoms with E-state index < -0.39 is 4.92 Å². The van der Waals surface area contributed by atoms with Crippen LogP contribution in [0.3, 0.4) is 0 Å². The summed E-state index contributed by atoms with van der Waals surface area (Å²) in [6, 6.07) is 2.79. The largest absolute Gasteiger partial charge is 0.481 e.